The molecular formula is C24H25NO3. The largest absolute Gasteiger partial charge is 0.497 e. The van der Waals surface area contributed by atoms with E-state index in [0.29, 0.717) is 6.54 Å². The number of carbonyl (C=O) groups excluding carboxylic acids is 1. The van der Waals surface area contributed by atoms with Crippen molar-refractivity contribution in [3.05, 3.63) is 90.0 Å². The molecule has 4 heteroatoms. The van der Waals surface area contributed by atoms with Crippen molar-refractivity contribution in [3.63, 3.8) is 0 Å². The lowest BCUT2D eigenvalue weighted by atomic mass is 10.00. The topological polar surface area (TPSA) is 47.6 Å². The SMILES string of the molecule is COc1ccc(CCNC(=O)[C@@H](C)c2cccc(Oc3ccccc3)c2)cc1. The molecule has 1 atom stereocenters. The number of methoxy groups -OCH3 is 1. The van der Waals surface area contributed by atoms with Gasteiger partial charge in [0.25, 0.3) is 0 Å². The van der Waals surface area contributed by atoms with Crippen LogP contribution in [0.5, 0.6) is 17.2 Å². The fourth-order valence-corrected chi connectivity index (χ4v) is 2.90. The Bertz CT molecular complexity index is 891. The number of nitrogens with one attached hydrogen (secondary N) is 1. The zero-order valence-electron chi connectivity index (χ0n) is 16.2. The van der Waals surface area contributed by atoms with E-state index >= 15 is 0 Å². The maximum atomic E-state index is 12.5. The third kappa shape index (κ3) is 5.36. The highest BCUT2D eigenvalue weighted by Crippen LogP contribution is 2.25. The van der Waals surface area contributed by atoms with E-state index in [0.717, 1.165) is 34.8 Å². The van der Waals surface area contributed by atoms with Gasteiger partial charge >= 0.3 is 0 Å². The Hall–Kier alpha value is -3.27. The molecule has 1 amide bonds. The van der Waals surface area contributed by atoms with Gasteiger partial charge < -0.3 is 14.8 Å². The summed E-state index contributed by atoms with van der Waals surface area (Å²) in [5.41, 5.74) is 2.09. The number of amides is 1. The predicted octanol–water partition coefficient (Wildman–Crippen LogP) is 4.95. The van der Waals surface area contributed by atoms with Crippen molar-refractivity contribution in [2.24, 2.45) is 0 Å². The molecular weight excluding hydrogens is 350 g/mol. The van der Waals surface area contributed by atoms with Crippen LogP contribution in [0.4, 0.5) is 0 Å². The van der Waals surface area contributed by atoms with Crippen molar-refractivity contribution in [2.75, 3.05) is 13.7 Å². The Balaban J connectivity index is 1.54. The van der Waals surface area contributed by atoms with Crippen LogP contribution in [0.3, 0.4) is 0 Å². The van der Waals surface area contributed by atoms with Crippen molar-refractivity contribution in [1.82, 2.24) is 5.32 Å². The first-order valence-electron chi connectivity index (χ1n) is 9.39. The molecule has 3 aromatic carbocycles. The van der Waals surface area contributed by atoms with Gasteiger partial charge in [0.05, 0.1) is 13.0 Å². The first-order chi connectivity index (χ1) is 13.7. The summed E-state index contributed by atoms with van der Waals surface area (Å²) in [6.45, 7) is 2.50. The monoisotopic (exact) mass is 375 g/mol. The smallest absolute Gasteiger partial charge is 0.227 e. The molecule has 3 aromatic rings. The van der Waals surface area contributed by atoms with E-state index in [1.54, 1.807) is 7.11 Å². The van der Waals surface area contributed by atoms with Crippen LogP contribution in [-0.2, 0) is 11.2 Å². The molecule has 0 aliphatic carbocycles. The zero-order valence-corrected chi connectivity index (χ0v) is 16.2. The lowest BCUT2D eigenvalue weighted by Crippen LogP contribution is -2.29. The van der Waals surface area contributed by atoms with Gasteiger partial charge in [0, 0.05) is 6.54 Å². The molecule has 0 saturated heterocycles. The number of rotatable bonds is 8. The summed E-state index contributed by atoms with van der Waals surface area (Å²) in [7, 11) is 1.65. The lowest BCUT2D eigenvalue weighted by Gasteiger charge is -2.14. The Morgan fingerprint density at radius 2 is 1.61 bits per heavy atom. The molecule has 0 aliphatic heterocycles. The Labute approximate surface area is 166 Å². The van der Waals surface area contributed by atoms with Gasteiger partial charge in [0.15, 0.2) is 0 Å². The van der Waals surface area contributed by atoms with Crippen LogP contribution in [0.25, 0.3) is 0 Å². The number of hydrogen-bond acceptors (Lipinski definition) is 3. The van der Waals surface area contributed by atoms with Gasteiger partial charge in [0.1, 0.15) is 17.2 Å². The number of para-hydroxylation sites is 1. The minimum atomic E-state index is -0.254. The molecule has 0 bridgehead atoms. The van der Waals surface area contributed by atoms with E-state index in [1.807, 2.05) is 85.8 Å². The minimum absolute atomic E-state index is 0.00497. The van der Waals surface area contributed by atoms with Gasteiger partial charge in [-0.1, -0.05) is 42.5 Å². The van der Waals surface area contributed by atoms with E-state index < -0.39 is 0 Å². The molecule has 0 radical (unpaired) electrons. The van der Waals surface area contributed by atoms with E-state index in [2.05, 4.69) is 5.32 Å². The highest BCUT2D eigenvalue weighted by Gasteiger charge is 2.15. The standard InChI is InChI=1S/C24H25NO3/c1-18(24(26)25-16-15-19-11-13-21(27-2)14-12-19)20-7-6-10-23(17-20)28-22-8-4-3-5-9-22/h3-14,17-18H,15-16H2,1-2H3,(H,25,26)/t18-/m0/s1. The van der Waals surface area contributed by atoms with Crippen molar-refractivity contribution >= 4 is 5.91 Å². The van der Waals surface area contributed by atoms with Gasteiger partial charge in [-0.25, -0.2) is 0 Å². The van der Waals surface area contributed by atoms with Crippen LogP contribution >= 0.6 is 0 Å². The van der Waals surface area contributed by atoms with Gasteiger partial charge in [-0.15, -0.1) is 0 Å². The second-order valence-corrected chi connectivity index (χ2v) is 6.60. The Morgan fingerprint density at radius 1 is 0.893 bits per heavy atom. The molecule has 1 N–H and O–H groups in total. The summed E-state index contributed by atoms with van der Waals surface area (Å²) < 4.78 is 11.0. The van der Waals surface area contributed by atoms with Gasteiger partial charge in [-0.3, -0.25) is 4.79 Å². The van der Waals surface area contributed by atoms with Crippen molar-refractivity contribution < 1.29 is 14.3 Å². The van der Waals surface area contributed by atoms with Crippen LogP contribution in [0.1, 0.15) is 24.0 Å². The molecule has 0 fully saturated rings. The molecule has 144 valence electrons. The summed E-state index contributed by atoms with van der Waals surface area (Å²) in [4.78, 5) is 12.5. The third-order valence-corrected chi connectivity index (χ3v) is 4.60. The number of benzene rings is 3. The summed E-state index contributed by atoms with van der Waals surface area (Å²) in [5, 5.41) is 3.02. The normalized spacial score (nSPS) is 11.5. The molecule has 0 heterocycles. The van der Waals surface area contributed by atoms with E-state index in [4.69, 9.17) is 9.47 Å². The molecule has 3 rings (SSSR count). The molecule has 0 aliphatic rings. The zero-order chi connectivity index (χ0) is 19.8. The summed E-state index contributed by atoms with van der Waals surface area (Å²) in [5.74, 6) is 2.08. The summed E-state index contributed by atoms with van der Waals surface area (Å²) >= 11 is 0. The van der Waals surface area contributed by atoms with Gasteiger partial charge in [-0.05, 0) is 60.9 Å². The second kappa shape index (κ2) is 9.60. The van der Waals surface area contributed by atoms with E-state index in [-0.39, 0.29) is 11.8 Å². The molecule has 0 unspecified atom stereocenters. The lowest BCUT2D eigenvalue weighted by molar-refractivity contribution is -0.122. The molecule has 0 spiro atoms. The quantitative estimate of drug-likeness (QED) is 0.606. The van der Waals surface area contributed by atoms with E-state index in [1.165, 1.54) is 0 Å². The van der Waals surface area contributed by atoms with Crippen LogP contribution in [0.2, 0.25) is 0 Å². The minimum Gasteiger partial charge on any atom is -0.497 e. The summed E-state index contributed by atoms with van der Waals surface area (Å²) in [6.07, 6.45) is 0.777. The predicted molar refractivity (Wildman–Crippen MR) is 111 cm³/mol. The van der Waals surface area contributed by atoms with Gasteiger partial charge in [0.2, 0.25) is 5.91 Å². The number of ether oxygens (including phenoxy) is 2. The average Bonchev–Trinajstić information content (AvgIpc) is 2.74. The van der Waals surface area contributed by atoms with Crippen LogP contribution in [0, 0.1) is 0 Å². The van der Waals surface area contributed by atoms with Crippen molar-refractivity contribution in [2.45, 2.75) is 19.3 Å². The average molecular weight is 375 g/mol. The first kappa shape index (κ1) is 19.5. The molecule has 28 heavy (non-hydrogen) atoms. The van der Waals surface area contributed by atoms with Gasteiger partial charge in [-0.2, -0.15) is 0 Å². The number of carbonyl (C=O) groups is 1. The van der Waals surface area contributed by atoms with Crippen molar-refractivity contribution in [1.29, 1.82) is 0 Å². The Morgan fingerprint density at radius 3 is 2.32 bits per heavy atom. The fourth-order valence-electron chi connectivity index (χ4n) is 2.90. The van der Waals surface area contributed by atoms with Crippen LogP contribution < -0.4 is 14.8 Å². The molecule has 0 aromatic heterocycles. The number of hydrogen-bond donors (Lipinski definition) is 1. The highest BCUT2D eigenvalue weighted by atomic mass is 16.5. The van der Waals surface area contributed by atoms with Crippen LogP contribution in [-0.4, -0.2) is 19.6 Å². The maximum Gasteiger partial charge on any atom is 0.227 e. The first-order valence-corrected chi connectivity index (χ1v) is 9.39. The second-order valence-electron chi connectivity index (χ2n) is 6.60. The maximum absolute atomic E-state index is 12.5. The fraction of sp³-hybridized carbons (Fsp3) is 0.208. The van der Waals surface area contributed by atoms with Crippen LogP contribution in [0.15, 0.2) is 78.9 Å². The third-order valence-electron chi connectivity index (χ3n) is 4.60. The summed E-state index contributed by atoms with van der Waals surface area (Å²) in [6, 6.07) is 25.2. The highest BCUT2D eigenvalue weighted by molar-refractivity contribution is 5.83. The van der Waals surface area contributed by atoms with Crippen molar-refractivity contribution in [3.8, 4) is 17.2 Å². The van der Waals surface area contributed by atoms with E-state index in [9.17, 15) is 4.79 Å². The Kier molecular flexibility index (Phi) is 6.68. The molecule has 0 saturated carbocycles. The molecule has 4 nitrogen and oxygen atoms in total.